The third kappa shape index (κ3) is 4.73. The molecule has 1 aliphatic rings. The zero-order valence-electron chi connectivity index (χ0n) is 15.8. The topological polar surface area (TPSA) is 80.6 Å². The summed E-state index contributed by atoms with van der Waals surface area (Å²) in [5.41, 5.74) is -0.173. The van der Waals surface area contributed by atoms with E-state index < -0.39 is 14.4 Å². The zero-order chi connectivity index (χ0) is 18.8. The van der Waals surface area contributed by atoms with E-state index in [-0.39, 0.29) is 28.4 Å². The van der Waals surface area contributed by atoms with Gasteiger partial charge in [-0.05, 0) is 55.9 Å². The molecule has 140 valence electrons. The van der Waals surface area contributed by atoms with Gasteiger partial charge in [-0.2, -0.15) is 0 Å². The van der Waals surface area contributed by atoms with Gasteiger partial charge in [0.15, 0.2) is 8.32 Å². The Hall–Kier alpha value is -1.60. The van der Waals surface area contributed by atoms with Crippen LogP contribution in [0.15, 0.2) is 23.1 Å². The number of hydrogen-bond acceptors (Lipinski definition) is 3. The molecule has 0 bridgehead atoms. The second-order valence-corrected chi connectivity index (χ2v) is 13.1. The first kappa shape index (κ1) is 19.7. The van der Waals surface area contributed by atoms with Gasteiger partial charge in [-0.25, -0.2) is 4.79 Å². The first-order chi connectivity index (χ1) is 11.5. The lowest BCUT2D eigenvalue weighted by molar-refractivity contribution is 0.117. The van der Waals surface area contributed by atoms with Gasteiger partial charge >= 0.3 is 6.09 Å². The number of nitrogens with zero attached hydrogens (tertiary/aromatic N) is 1. The summed E-state index contributed by atoms with van der Waals surface area (Å²) in [6.45, 7) is 11.3. The molecule has 1 aromatic rings. The molecule has 0 unspecified atom stereocenters. The van der Waals surface area contributed by atoms with Crippen LogP contribution in [-0.2, 0) is 4.43 Å². The molecule has 2 rings (SSSR count). The Balaban J connectivity index is 2.04. The number of aromatic nitrogens is 1. The summed E-state index contributed by atoms with van der Waals surface area (Å²) in [7, 11) is -1.78. The minimum absolute atomic E-state index is 0.0994. The van der Waals surface area contributed by atoms with E-state index in [1.807, 2.05) is 0 Å². The highest BCUT2D eigenvalue weighted by Gasteiger charge is 2.40. The molecule has 1 fully saturated rings. The van der Waals surface area contributed by atoms with Gasteiger partial charge < -0.3 is 14.1 Å². The summed E-state index contributed by atoms with van der Waals surface area (Å²) in [5, 5.41) is 11.2. The predicted octanol–water partition coefficient (Wildman–Crippen LogP) is 4.44. The largest absolute Gasteiger partial charge is 0.465 e. The highest BCUT2D eigenvalue weighted by Crippen LogP contribution is 2.40. The maximum Gasteiger partial charge on any atom is 0.409 e. The standard InChI is InChI=1S/C18H30N2O4Si/c1-18(2,3)25(4,5)24-14-10-8-13(9-11-14)20-12-6-7-15(16(20)21)19-17(22)23/h6-7,12-14,19H,8-11H2,1-5H3,(H,22,23). The second-order valence-electron chi connectivity index (χ2n) is 8.37. The lowest BCUT2D eigenvalue weighted by Crippen LogP contribution is -2.45. The van der Waals surface area contributed by atoms with Crippen LogP contribution in [0.5, 0.6) is 0 Å². The Morgan fingerprint density at radius 2 is 1.88 bits per heavy atom. The highest BCUT2D eigenvalue weighted by molar-refractivity contribution is 6.74. The number of nitrogens with one attached hydrogen (secondary N) is 1. The normalized spacial score (nSPS) is 21.8. The second kappa shape index (κ2) is 7.33. The fourth-order valence-electron chi connectivity index (χ4n) is 3.04. The Morgan fingerprint density at radius 1 is 1.28 bits per heavy atom. The smallest absolute Gasteiger partial charge is 0.409 e. The molecule has 0 saturated heterocycles. The predicted molar refractivity (Wildman–Crippen MR) is 102 cm³/mol. The molecule has 0 aromatic carbocycles. The van der Waals surface area contributed by atoms with Crippen molar-refractivity contribution in [2.75, 3.05) is 5.32 Å². The third-order valence-electron chi connectivity index (χ3n) is 5.52. The molecule has 2 N–H and O–H groups in total. The number of anilines is 1. The van der Waals surface area contributed by atoms with Gasteiger partial charge in [-0.1, -0.05) is 20.8 Å². The van der Waals surface area contributed by atoms with E-state index in [9.17, 15) is 9.59 Å². The van der Waals surface area contributed by atoms with Crippen molar-refractivity contribution in [3.05, 3.63) is 28.7 Å². The number of rotatable bonds is 4. The molecule has 1 saturated carbocycles. The molecule has 0 aliphatic heterocycles. The average Bonchev–Trinajstić information content (AvgIpc) is 2.48. The fourth-order valence-corrected chi connectivity index (χ4v) is 4.47. The van der Waals surface area contributed by atoms with Crippen molar-refractivity contribution in [1.82, 2.24) is 4.57 Å². The summed E-state index contributed by atoms with van der Waals surface area (Å²) >= 11 is 0. The van der Waals surface area contributed by atoms with E-state index in [1.54, 1.807) is 16.8 Å². The molecule has 1 aromatic heterocycles. The zero-order valence-corrected chi connectivity index (χ0v) is 16.8. The van der Waals surface area contributed by atoms with Gasteiger partial charge in [0.05, 0.1) is 0 Å². The molecule has 0 atom stereocenters. The number of carbonyl (C=O) groups is 1. The Labute approximate surface area is 150 Å². The average molecular weight is 367 g/mol. The van der Waals surface area contributed by atoms with E-state index in [1.165, 1.54) is 6.07 Å². The van der Waals surface area contributed by atoms with Crippen LogP contribution in [0.4, 0.5) is 10.5 Å². The van der Waals surface area contributed by atoms with Crippen LogP contribution in [-0.4, -0.2) is 30.2 Å². The van der Waals surface area contributed by atoms with Crippen molar-refractivity contribution < 1.29 is 14.3 Å². The molecular formula is C18H30N2O4Si. The number of hydrogen-bond donors (Lipinski definition) is 2. The van der Waals surface area contributed by atoms with Crippen molar-refractivity contribution >= 4 is 20.1 Å². The van der Waals surface area contributed by atoms with Crippen LogP contribution < -0.4 is 10.9 Å². The number of pyridine rings is 1. The van der Waals surface area contributed by atoms with Gasteiger partial charge in [0.25, 0.3) is 5.56 Å². The van der Waals surface area contributed by atoms with Gasteiger partial charge in [-0.15, -0.1) is 0 Å². The van der Waals surface area contributed by atoms with Crippen LogP contribution in [0.2, 0.25) is 18.1 Å². The van der Waals surface area contributed by atoms with Crippen molar-refractivity contribution in [2.45, 2.75) is 76.7 Å². The molecule has 0 spiro atoms. The van der Waals surface area contributed by atoms with Crippen LogP contribution in [0, 0.1) is 0 Å². The fraction of sp³-hybridized carbons (Fsp3) is 0.667. The van der Waals surface area contributed by atoms with E-state index in [0.717, 1.165) is 25.7 Å². The van der Waals surface area contributed by atoms with Crippen molar-refractivity contribution in [1.29, 1.82) is 0 Å². The minimum atomic E-state index is -1.78. The van der Waals surface area contributed by atoms with Crippen molar-refractivity contribution in [2.24, 2.45) is 0 Å². The van der Waals surface area contributed by atoms with Gasteiger partial charge in [0.1, 0.15) is 5.69 Å². The maximum atomic E-state index is 12.5. The van der Waals surface area contributed by atoms with E-state index >= 15 is 0 Å². The van der Waals surface area contributed by atoms with Crippen LogP contribution in [0.25, 0.3) is 0 Å². The number of amides is 1. The molecule has 1 heterocycles. The Morgan fingerprint density at radius 3 is 2.40 bits per heavy atom. The summed E-state index contributed by atoms with van der Waals surface area (Å²) < 4.78 is 8.16. The first-order valence-corrected chi connectivity index (χ1v) is 11.8. The van der Waals surface area contributed by atoms with Crippen LogP contribution in [0.1, 0.15) is 52.5 Å². The molecule has 1 amide bonds. The van der Waals surface area contributed by atoms with E-state index in [0.29, 0.717) is 0 Å². The molecule has 7 heteroatoms. The summed E-state index contributed by atoms with van der Waals surface area (Å²) in [4.78, 5) is 23.3. The van der Waals surface area contributed by atoms with E-state index in [2.05, 4.69) is 39.2 Å². The molecular weight excluding hydrogens is 336 g/mol. The highest BCUT2D eigenvalue weighted by atomic mass is 28.4. The molecule has 0 radical (unpaired) electrons. The molecule has 1 aliphatic carbocycles. The molecule has 25 heavy (non-hydrogen) atoms. The first-order valence-electron chi connectivity index (χ1n) is 8.90. The van der Waals surface area contributed by atoms with Gasteiger partial charge in [0, 0.05) is 18.3 Å². The summed E-state index contributed by atoms with van der Waals surface area (Å²) in [5.74, 6) is 0. The third-order valence-corrected chi connectivity index (χ3v) is 10.1. The maximum absolute atomic E-state index is 12.5. The van der Waals surface area contributed by atoms with Crippen LogP contribution in [0.3, 0.4) is 0 Å². The summed E-state index contributed by atoms with van der Waals surface area (Å²) in [6.07, 6.45) is 4.38. The SMILES string of the molecule is CC(C)(C)[Si](C)(C)OC1CCC(n2cccc(NC(=O)O)c2=O)CC1. The lowest BCUT2D eigenvalue weighted by Gasteiger charge is -2.41. The Bertz CT molecular complexity index is 670. The monoisotopic (exact) mass is 366 g/mol. The Kier molecular flexibility index (Phi) is 5.78. The quantitative estimate of drug-likeness (QED) is 0.772. The number of carboxylic acid groups (broad SMARTS) is 1. The minimum Gasteiger partial charge on any atom is -0.465 e. The van der Waals surface area contributed by atoms with Crippen molar-refractivity contribution in [3.63, 3.8) is 0 Å². The lowest BCUT2D eigenvalue weighted by atomic mass is 9.93. The van der Waals surface area contributed by atoms with Gasteiger partial charge in [0.2, 0.25) is 0 Å². The van der Waals surface area contributed by atoms with Crippen molar-refractivity contribution in [3.8, 4) is 0 Å². The summed E-state index contributed by atoms with van der Waals surface area (Å²) in [6, 6.07) is 3.31. The van der Waals surface area contributed by atoms with Gasteiger partial charge in [-0.3, -0.25) is 10.1 Å². The van der Waals surface area contributed by atoms with Crippen LogP contribution >= 0.6 is 0 Å². The molecule has 6 nitrogen and oxygen atoms in total. The van der Waals surface area contributed by atoms with E-state index in [4.69, 9.17) is 9.53 Å².